The lowest BCUT2D eigenvalue weighted by atomic mass is 10.3. The second kappa shape index (κ2) is 2.68. The predicted octanol–water partition coefficient (Wildman–Crippen LogP) is 0.468. The van der Waals surface area contributed by atoms with E-state index in [9.17, 15) is 8.42 Å². The lowest BCUT2D eigenvalue weighted by molar-refractivity contribution is 0.185. The Kier molecular flexibility index (Phi) is 2.22. The molecule has 1 aliphatic carbocycles. The molecule has 0 aromatic rings. The van der Waals surface area contributed by atoms with E-state index in [0.29, 0.717) is 12.8 Å². The third kappa shape index (κ3) is 1.62. The molecular formula is C5H9ClO3S. The molecule has 1 N–H and O–H groups in total. The van der Waals surface area contributed by atoms with E-state index in [1.54, 1.807) is 0 Å². The largest absolute Gasteiger partial charge is 0.392 e. The smallest absolute Gasteiger partial charge is 0.238 e. The summed E-state index contributed by atoms with van der Waals surface area (Å²) in [7, 11) is 1.52. The third-order valence-corrected chi connectivity index (χ3v) is 3.74. The average molecular weight is 185 g/mol. The van der Waals surface area contributed by atoms with Gasteiger partial charge in [-0.1, -0.05) is 0 Å². The standard InChI is InChI=1S/C5H9ClO3S/c6-10(8,9)5-3-1-2-4(5)7/h4-5,7H,1-3H2/t4-,5-/m1/s1. The molecule has 0 spiro atoms. The second-order valence-electron chi connectivity index (χ2n) is 2.51. The second-order valence-corrected chi connectivity index (χ2v) is 5.36. The van der Waals surface area contributed by atoms with Gasteiger partial charge in [-0.3, -0.25) is 0 Å². The third-order valence-electron chi connectivity index (χ3n) is 1.78. The van der Waals surface area contributed by atoms with E-state index >= 15 is 0 Å². The first-order valence-electron chi connectivity index (χ1n) is 3.13. The summed E-state index contributed by atoms with van der Waals surface area (Å²) in [6.07, 6.45) is 1.05. The molecule has 10 heavy (non-hydrogen) atoms. The molecule has 0 amide bonds. The van der Waals surface area contributed by atoms with E-state index in [1.165, 1.54) is 0 Å². The first-order chi connectivity index (χ1) is 4.52. The molecule has 0 bridgehead atoms. The maximum atomic E-state index is 10.6. The van der Waals surface area contributed by atoms with Gasteiger partial charge in [-0.2, -0.15) is 0 Å². The Morgan fingerprint density at radius 1 is 1.40 bits per heavy atom. The van der Waals surface area contributed by atoms with E-state index < -0.39 is 20.4 Å². The summed E-state index contributed by atoms with van der Waals surface area (Å²) in [6, 6.07) is 0. The van der Waals surface area contributed by atoms with Crippen LogP contribution in [-0.4, -0.2) is 24.9 Å². The molecule has 5 heteroatoms. The van der Waals surface area contributed by atoms with Crippen molar-refractivity contribution in [3.05, 3.63) is 0 Å². The van der Waals surface area contributed by atoms with Crippen LogP contribution in [0.3, 0.4) is 0 Å². The Balaban J connectivity index is 2.74. The molecule has 1 fully saturated rings. The molecule has 0 unspecified atom stereocenters. The normalized spacial score (nSPS) is 34.6. The molecule has 60 valence electrons. The van der Waals surface area contributed by atoms with Gasteiger partial charge < -0.3 is 5.11 Å². The summed E-state index contributed by atoms with van der Waals surface area (Å²) in [5, 5.41) is 8.33. The van der Waals surface area contributed by atoms with Crippen molar-refractivity contribution in [3.63, 3.8) is 0 Å². The van der Waals surface area contributed by atoms with E-state index in [2.05, 4.69) is 0 Å². The summed E-state index contributed by atoms with van der Waals surface area (Å²) in [4.78, 5) is 0. The zero-order valence-electron chi connectivity index (χ0n) is 5.33. The molecule has 2 atom stereocenters. The van der Waals surface area contributed by atoms with Crippen molar-refractivity contribution in [1.29, 1.82) is 0 Å². The Morgan fingerprint density at radius 2 is 2.00 bits per heavy atom. The highest BCUT2D eigenvalue weighted by Crippen LogP contribution is 2.27. The highest BCUT2D eigenvalue weighted by molar-refractivity contribution is 8.14. The van der Waals surface area contributed by atoms with Crippen LogP contribution in [0.25, 0.3) is 0 Å². The van der Waals surface area contributed by atoms with Crippen LogP contribution in [-0.2, 0) is 9.05 Å². The van der Waals surface area contributed by atoms with E-state index in [0.717, 1.165) is 6.42 Å². The van der Waals surface area contributed by atoms with Crippen molar-refractivity contribution < 1.29 is 13.5 Å². The van der Waals surface area contributed by atoms with Gasteiger partial charge in [0.25, 0.3) is 0 Å². The number of rotatable bonds is 1. The molecular weight excluding hydrogens is 176 g/mol. The first kappa shape index (κ1) is 8.30. The Hall–Kier alpha value is 0.200. The van der Waals surface area contributed by atoms with Crippen molar-refractivity contribution in [1.82, 2.24) is 0 Å². The van der Waals surface area contributed by atoms with Gasteiger partial charge in [-0.15, -0.1) is 0 Å². The molecule has 0 radical (unpaired) electrons. The topological polar surface area (TPSA) is 54.4 Å². The van der Waals surface area contributed by atoms with Gasteiger partial charge in [0.1, 0.15) is 5.25 Å². The molecule has 0 saturated heterocycles. The summed E-state index contributed by atoms with van der Waals surface area (Å²) in [6.45, 7) is 0. The van der Waals surface area contributed by atoms with Crippen molar-refractivity contribution in [2.75, 3.05) is 0 Å². The SMILES string of the molecule is O=S(=O)(Cl)[C@@H]1CCC[C@H]1O. The minimum Gasteiger partial charge on any atom is -0.392 e. The van der Waals surface area contributed by atoms with Crippen molar-refractivity contribution in [3.8, 4) is 0 Å². The zero-order valence-corrected chi connectivity index (χ0v) is 6.90. The average Bonchev–Trinajstić information content (AvgIpc) is 2.11. The molecule has 0 aromatic carbocycles. The summed E-state index contributed by atoms with van der Waals surface area (Å²) in [5.41, 5.74) is 0. The lowest BCUT2D eigenvalue weighted by Crippen LogP contribution is -2.25. The van der Waals surface area contributed by atoms with Crippen LogP contribution in [0.1, 0.15) is 19.3 Å². The molecule has 1 saturated carbocycles. The van der Waals surface area contributed by atoms with Crippen LogP contribution in [0.2, 0.25) is 0 Å². The number of hydrogen-bond donors (Lipinski definition) is 1. The summed E-state index contributed by atoms with van der Waals surface area (Å²) >= 11 is 0. The quantitative estimate of drug-likeness (QED) is 0.603. The Labute approximate surface area is 64.4 Å². The van der Waals surface area contributed by atoms with E-state index in [4.69, 9.17) is 15.8 Å². The minimum atomic E-state index is -3.53. The number of aliphatic hydroxyl groups is 1. The fourth-order valence-electron chi connectivity index (χ4n) is 1.23. The zero-order chi connectivity index (χ0) is 7.78. The number of hydrogen-bond acceptors (Lipinski definition) is 3. The van der Waals surface area contributed by atoms with E-state index in [1.807, 2.05) is 0 Å². The van der Waals surface area contributed by atoms with Crippen LogP contribution in [0.4, 0.5) is 0 Å². The summed E-state index contributed by atoms with van der Waals surface area (Å²) < 4.78 is 21.3. The Bertz CT molecular complexity index is 211. The van der Waals surface area contributed by atoms with Gasteiger partial charge in [0, 0.05) is 10.7 Å². The van der Waals surface area contributed by atoms with E-state index in [-0.39, 0.29) is 0 Å². The fraction of sp³-hybridized carbons (Fsp3) is 1.00. The molecule has 0 aromatic heterocycles. The van der Waals surface area contributed by atoms with Crippen LogP contribution in [0.5, 0.6) is 0 Å². The molecule has 1 rings (SSSR count). The fourth-order valence-corrected chi connectivity index (χ4v) is 2.82. The van der Waals surface area contributed by atoms with Crippen LogP contribution in [0.15, 0.2) is 0 Å². The molecule has 0 heterocycles. The van der Waals surface area contributed by atoms with Crippen LogP contribution >= 0.6 is 10.7 Å². The molecule has 0 aliphatic heterocycles. The van der Waals surface area contributed by atoms with Gasteiger partial charge in [0.15, 0.2) is 0 Å². The predicted molar refractivity (Wildman–Crippen MR) is 38.4 cm³/mol. The van der Waals surface area contributed by atoms with Crippen LogP contribution < -0.4 is 0 Å². The van der Waals surface area contributed by atoms with Gasteiger partial charge in [-0.25, -0.2) is 8.42 Å². The molecule has 3 nitrogen and oxygen atoms in total. The molecule has 1 aliphatic rings. The number of aliphatic hydroxyl groups excluding tert-OH is 1. The van der Waals surface area contributed by atoms with Crippen molar-refractivity contribution >= 4 is 19.7 Å². The maximum absolute atomic E-state index is 10.6. The summed E-state index contributed by atoms with van der Waals surface area (Å²) in [5.74, 6) is 0. The van der Waals surface area contributed by atoms with Gasteiger partial charge in [0.05, 0.1) is 6.10 Å². The highest BCUT2D eigenvalue weighted by atomic mass is 35.7. The van der Waals surface area contributed by atoms with Crippen molar-refractivity contribution in [2.24, 2.45) is 0 Å². The lowest BCUT2D eigenvalue weighted by Gasteiger charge is -2.08. The Morgan fingerprint density at radius 3 is 2.20 bits per heavy atom. The van der Waals surface area contributed by atoms with Crippen LogP contribution in [0, 0.1) is 0 Å². The van der Waals surface area contributed by atoms with Gasteiger partial charge >= 0.3 is 0 Å². The maximum Gasteiger partial charge on any atom is 0.238 e. The monoisotopic (exact) mass is 184 g/mol. The van der Waals surface area contributed by atoms with Gasteiger partial charge in [-0.05, 0) is 19.3 Å². The van der Waals surface area contributed by atoms with Gasteiger partial charge in [0.2, 0.25) is 9.05 Å². The first-order valence-corrected chi connectivity index (χ1v) is 5.50. The van der Waals surface area contributed by atoms with Crippen molar-refractivity contribution in [2.45, 2.75) is 30.6 Å². The number of halogens is 1. The highest BCUT2D eigenvalue weighted by Gasteiger charge is 2.34. The minimum absolute atomic E-state index is 0.493.